The van der Waals surface area contributed by atoms with Gasteiger partial charge in [0.25, 0.3) is 5.91 Å². The number of ether oxygens (including phenoxy) is 2. The Hall–Kier alpha value is -4.02. The molecular formula is C29H30ClN3O4. The maximum Gasteiger partial charge on any atom is 0.349 e. The second-order valence-electron chi connectivity index (χ2n) is 9.01. The van der Waals surface area contributed by atoms with Gasteiger partial charge in [-0.25, -0.2) is 4.79 Å². The standard InChI is InChI=1S/C29H30ClN3O4/c1-19(2)12-13-33-20(3)14-22(21(33)4)15-23(17-31)29(35)36-18-28(34)32-26-16-24(30)10-11-27(26)37-25-8-6-5-7-9-25/h5-11,14-16,19H,12-13,18H2,1-4H3,(H,32,34). The van der Waals surface area contributed by atoms with Crippen LogP contribution < -0.4 is 10.1 Å². The van der Waals surface area contributed by atoms with E-state index in [1.165, 1.54) is 12.1 Å². The quantitative estimate of drug-likeness (QED) is 0.183. The minimum atomic E-state index is -0.878. The highest BCUT2D eigenvalue weighted by atomic mass is 35.5. The molecule has 0 aliphatic heterocycles. The molecule has 192 valence electrons. The number of nitrogens with zero attached hydrogens (tertiary/aromatic N) is 2. The number of carbonyl (C=O) groups excluding carboxylic acids is 2. The zero-order chi connectivity index (χ0) is 26.9. The van der Waals surface area contributed by atoms with Crippen LogP contribution in [-0.2, 0) is 20.9 Å². The van der Waals surface area contributed by atoms with Crippen molar-refractivity contribution in [3.63, 3.8) is 0 Å². The second-order valence-corrected chi connectivity index (χ2v) is 9.45. The molecule has 0 saturated carbocycles. The average Bonchev–Trinajstić information content (AvgIpc) is 3.13. The summed E-state index contributed by atoms with van der Waals surface area (Å²) in [5.74, 6) is 0.0397. The van der Waals surface area contributed by atoms with Gasteiger partial charge in [0.15, 0.2) is 12.4 Å². The van der Waals surface area contributed by atoms with E-state index in [0.717, 1.165) is 29.9 Å². The van der Waals surface area contributed by atoms with Crippen molar-refractivity contribution >= 4 is 35.2 Å². The Labute approximate surface area is 222 Å². The number of benzene rings is 2. The van der Waals surface area contributed by atoms with Crippen molar-refractivity contribution in [1.29, 1.82) is 5.26 Å². The summed E-state index contributed by atoms with van der Waals surface area (Å²) in [5.41, 5.74) is 2.91. The van der Waals surface area contributed by atoms with E-state index in [9.17, 15) is 14.9 Å². The van der Waals surface area contributed by atoms with Crippen LogP contribution in [0.1, 0.15) is 37.2 Å². The Balaban J connectivity index is 1.66. The third-order valence-electron chi connectivity index (χ3n) is 5.70. The summed E-state index contributed by atoms with van der Waals surface area (Å²) in [6.45, 7) is 8.55. The molecule has 0 radical (unpaired) electrons. The van der Waals surface area contributed by atoms with Gasteiger partial charge in [0.1, 0.15) is 17.4 Å². The summed E-state index contributed by atoms with van der Waals surface area (Å²) in [7, 11) is 0. The lowest BCUT2D eigenvalue weighted by Gasteiger charge is -2.13. The van der Waals surface area contributed by atoms with E-state index in [1.807, 2.05) is 44.2 Å². The Kier molecular flexibility index (Phi) is 9.53. The first-order chi connectivity index (χ1) is 17.7. The van der Waals surface area contributed by atoms with Gasteiger partial charge in [0.05, 0.1) is 5.69 Å². The molecule has 0 aliphatic carbocycles. The maximum atomic E-state index is 12.6. The van der Waals surface area contributed by atoms with Crippen molar-refractivity contribution in [1.82, 2.24) is 4.57 Å². The van der Waals surface area contributed by atoms with E-state index in [0.29, 0.717) is 28.1 Å². The van der Waals surface area contributed by atoms with Crippen LogP contribution in [0.15, 0.2) is 60.2 Å². The van der Waals surface area contributed by atoms with Crippen LogP contribution in [0.4, 0.5) is 5.69 Å². The van der Waals surface area contributed by atoms with Crippen LogP contribution in [0.2, 0.25) is 5.02 Å². The summed E-state index contributed by atoms with van der Waals surface area (Å²) < 4.78 is 13.1. The van der Waals surface area contributed by atoms with Gasteiger partial charge in [-0.1, -0.05) is 43.6 Å². The van der Waals surface area contributed by atoms with Crippen LogP contribution in [0.3, 0.4) is 0 Å². The Morgan fingerprint density at radius 3 is 2.54 bits per heavy atom. The number of esters is 1. The molecule has 0 spiro atoms. The molecule has 0 unspecified atom stereocenters. The summed E-state index contributed by atoms with van der Waals surface area (Å²) in [6, 6.07) is 17.7. The fourth-order valence-electron chi connectivity index (χ4n) is 3.70. The SMILES string of the molecule is Cc1cc(C=C(C#N)C(=O)OCC(=O)Nc2cc(Cl)ccc2Oc2ccccc2)c(C)n1CCC(C)C. The van der Waals surface area contributed by atoms with E-state index in [-0.39, 0.29) is 5.57 Å². The van der Waals surface area contributed by atoms with Gasteiger partial charge in [0, 0.05) is 23.0 Å². The number of rotatable bonds is 10. The first kappa shape index (κ1) is 27.6. The van der Waals surface area contributed by atoms with Crippen molar-refractivity contribution in [3.8, 4) is 17.6 Å². The molecule has 0 aliphatic rings. The lowest BCUT2D eigenvalue weighted by molar-refractivity contribution is -0.142. The first-order valence-corrected chi connectivity index (χ1v) is 12.3. The van der Waals surface area contributed by atoms with Crippen molar-refractivity contribution in [2.75, 3.05) is 11.9 Å². The highest BCUT2D eigenvalue weighted by Gasteiger charge is 2.17. The number of anilines is 1. The van der Waals surface area contributed by atoms with Gasteiger partial charge in [-0.3, -0.25) is 4.79 Å². The van der Waals surface area contributed by atoms with Crippen molar-refractivity contribution in [2.24, 2.45) is 5.92 Å². The fourth-order valence-corrected chi connectivity index (χ4v) is 3.87. The third kappa shape index (κ3) is 7.73. The van der Waals surface area contributed by atoms with E-state index < -0.39 is 18.5 Å². The number of amides is 1. The number of nitrogens with one attached hydrogen (secondary N) is 1. The summed E-state index contributed by atoms with van der Waals surface area (Å²) in [5, 5.41) is 12.6. The molecule has 1 aromatic heterocycles. The lowest BCUT2D eigenvalue weighted by Crippen LogP contribution is -2.21. The Morgan fingerprint density at radius 1 is 1.14 bits per heavy atom. The lowest BCUT2D eigenvalue weighted by atomic mass is 10.1. The van der Waals surface area contributed by atoms with Crippen LogP contribution >= 0.6 is 11.6 Å². The molecule has 0 fully saturated rings. The van der Waals surface area contributed by atoms with Crippen LogP contribution in [-0.4, -0.2) is 23.1 Å². The molecule has 8 heteroatoms. The number of aromatic nitrogens is 1. The molecule has 1 amide bonds. The third-order valence-corrected chi connectivity index (χ3v) is 5.94. The van der Waals surface area contributed by atoms with Crippen molar-refractivity contribution in [3.05, 3.63) is 82.1 Å². The summed E-state index contributed by atoms with van der Waals surface area (Å²) in [6.07, 6.45) is 2.52. The number of para-hydroxylation sites is 1. The second kappa shape index (κ2) is 12.8. The molecule has 0 atom stereocenters. The summed E-state index contributed by atoms with van der Waals surface area (Å²) >= 11 is 6.09. The van der Waals surface area contributed by atoms with Gasteiger partial charge in [-0.05, 0) is 74.2 Å². The van der Waals surface area contributed by atoms with Crippen molar-refractivity contribution in [2.45, 2.75) is 40.7 Å². The molecule has 1 N–H and O–H groups in total. The van der Waals surface area contributed by atoms with Crippen LogP contribution in [0.5, 0.6) is 11.5 Å². The molecule has 2 aromatic carbocycles. The Morgan fingerprint density at radius 2 is 1.86 bits per heavy atom. The van der Waals surface area contributed by atoms with Gasteiger partial charge in [-0.15, -0.1) is 0 Å². The molecule has 37 heavy (non-hydrogen) atoms. The smallest absolute Gasteiger partial charge is 0.349 e. The predicted molar refractivity (Wildman–Crippen MR) is 145 cm³/mol. The number of nitriles is 1. The molecule has 0 saturated heterocycles. The number of aryl methyl sites for hydroxylation is 1. The topological polar surface area (TPSA) is 93.3 Å². The zero-order valence-corrected chi connectivity index (χ0v) is 22.1. The van der Waals surface area contributed by atoms with E-state index in [4.69, 9.17) is 21.1 Å². The minimum absolute atomic E-state index is 0.187. The van der Waals surface area contributed by atoms with Gasteiger partial charge in [-0.2, -0.15) is 5.26 Å². The predicted octanol–water partition coefficient (Wildman–Crippen LogP) is 6.69. The van der Waals surface area contributed by atoms with E-state index in [1.54, 1.807) is 24.3 Å². The number of carbonyl (C=O) groups is 2. The van der Waals surface area contributed by atoms with E-state index in [2.05, 4.69) is 23.7 Å². The normalized spacial score (nSPS) is 11.2. The highest BCUT2D eigenvalue weighted by Crippen LogP contribution is 2.32. The van der Waals surface area contributed by atoms with Gasteiger partial charge < -0.3 is 19.4 Å². The number of hydrogen-bond donors (Lipinski definition) is 1. The monoisotopic (exact) mass is 519 g/mol. The van der Waals surface area contributed by atoms with Crippen LogP contribution in [0.25, 0.3) is 6.08 Å². The molecule has 0 bridgehead atoms. The van der Waals surface area contributed by atoms with E-state index >= 15 is 0 Å². The molecule has 1 heterocycles. The maximum absolute atomic E-state index is 12.6. The highest BCUT2D eigenvalue weighted by molar-refractivity contribution is 6.31. The first-order valence-electron chi connectivity index (χ1n) is 12.0. The van der Waals surface area contributed by atoms with Gasteiger partial charge >= 0.3 is 5.97 Å². The largest absolute Gasteiger partial charge is 0.455 e. The Bertz CT molecular complexity index is 1340. The fraction of sp³-hybridized carbons (Fsp3) is 0.276. The average molecular weight is 520 g/mol. The molecule has 7 nitrogen and oxygen atoms in total. The minimum Gasteiger partial charge on any atom is -0.455 e. The summed E-state index contributed by atoms with van der Waals surface area (Å²) in [4.78, 5) is 25.1. The zero-order valence-electron chi connectivity index (χ0n) is 21.4. The molecular weight excluding hydrogens is 490 g/mol. The van der Waals surface area contributed by atoms with Gasteiger partial charge in [0.2, 0.25) is 0 Å². The molecule has 3 rings (SSSR count). The van der Waals surface area contributed by atoms with Crippen LogP contribution in [0, 0.1) is 31.1 Å². The number of halogens is 1. The number of hydrogen-bond acceptors (Lipinski definition) is 5. The van der Waals surface area contributed by atoms with Crippen molar-refractivity contribution < 1.29 is 19.1 Å². The molecule has 3 aromatic rings.